The Morgan fingerprint density at radius 3 is 2.95 bits per heavy atom. The summed E-state index contributed by atoms with van der Waals surface area (Å²) in [5.74, 6) is 1.15. The Balaban J connectivity index is 1.97. The molecule has 1 aromatic carbocycles. The molecule has 2 rings (SSSR count). The van der Waals surface area contributed by atoms with E-state index in [4.69, 9.17) is 5.73 Å². The van der Waals surface area contributed by atoms with E-state index in [1.807, 2.05) is 12.1 Å². The fourth-order valence-corrected chi connectivity index (χ4v) is 2.55. The van der Waals surface area contributed by atoms with E-state index in [1.54, 1.807) is 12.3 Å². The maximum Gasteiger partial charge on any atom is 0.138 e. The molecule has 0 spiro atoms. The minimum atomic E-state index is -0.224. The first-order chi connectivity index (χ1) is 9.67. The van der Waals surface area contributed by atoms with Crippen LogP contribution in [0.3, 0.4) is 0 Å². The Bertz CT molecular complexity index is 562. The molecule has 3 nitrogen and oxygen atoms in total. The molecule has 1 atom stereocenters. The average Bonchev–Trinajstić information content (AvgIpc) is 2.45. The summed E-state index contributed by atoms with van der Waals surface area (Å²) in [6.45, 7) is 2.06. The van der Waals surface area contributed by atoms with Gasteiger partial charge in [-0.15, -0.1) is 11.8 Å². The molecule has 0 bridgehead atoms. The van der Waals surface area contributed by atoms with E-state index < -0.39 is 0 Å². The van der Waals surface area contributed by atoms with Crippen LogP contribution in [0.5, 0.6) is 0 Å². The van der Waals surface area contributed by atoms with Crippen LogP contribution in [0.25, 0.3) is 0 Å². The number of rotatable bonds is 6. The van der Waals surface area contributed by atoms with Gasteiger partial charge in [-0.2, -0.15) is 0 Å². The van der Waals surface area contributed by atoms with Gasteiger partial charge < -0.3 is 5.73 Å². The largest absolute Gasteiger partial charge is 0.327 e. The molecule has 0 fully saturated rings. The third kappa shape index (κ3) is 4.58. The van der Waals surface area contributed by atoms with Crippen molar-refractivity contribution in [2.45, 2.75) is 36.5 Å². The molecule has 0 aliphatic carbocycles. The number of hydrogen-bond donors (Lipinski definition) is 1. The fraction of sp³-hybridized carbons (Fsp3) is 0.333. The zero-order chi connectivity index (χ0) is 14.4. The normalized spacial score (nSPS) is 12.3. The second-order valence-electron chi connectivity index (χ2n) is 4.58. The lowest BCUT2D eigenvalue weighted by molar-refractivity contribution is 0.624. The standard InChI is InChI=1S/C15H18FN3S/c1-2-12(17)9-13-6-7-18-15(19-13)10-20-14-5-3-4-11(16)8-14/h3-8,12H,2,9-10,17H2,1H3. The first-order valence-electron chi connectivity index (χ1n) is 6.62. The Hall–Kier alpha value is -1.46. The lowest BCUT2D eigenvalue weighted by atomic mass is 10.1. The highest BCUT2D eigenvalue weighted by molar-refractivity contribution is 7.98. The van der Waals surface area contributed by atoms with Gasteiger partial charge in [0, 0.05) is 29.2 Å². The minimum Gasteiger partial charge on any atom is -0.327 e. The van der Waals surface area contributed by atoms with Crippen molar-refractivity contribution in [3.63, 3.8) is 0 Å². The van der Waals surface area contributed by atoms with Crippen molar-refractivity contribution in [2.75, 3.05) is 0 Å². The molecule has 0 saturated heterocycles. The van der Waals surface area contributed by atoms with Crippen molar-refractivity contribution in [3.05, 3.63) is 53.9 Å². The lowest BCUT2D eigenvalue weighted by Gasteiger charge is -2.08. The second kappa shape index (κ2) is 7.36. The van der Waals surface area contributed by atoms with Crippen molar-refractivity contribution < 1.29 is 4.39 Å². The van der Waals surface area contributed by atoms with Gasteiger partial charge in [-0.05, 0) is 30.7 Å². The van der Waals surface area contributed by atoms with E-state index in [2.05, 4.69) is 16.9 Å². The molecule has 0 amide bonds. The monoisotopic (exact) mass is 291 g/mol. The van der Waals surface area contributed by atoms with Gasteiger partial charge in [0.1, 0.15) is 11.6 Å². The molecule has 5 heteroatoms. The molecule has 20 heavy (non-hydrogen) atoms. The number of benzene rings is 1. The lowest BCUT2D eigenvalue weighted by Crippen LogP contribution is -2.22. The number of aromatic nitrogens is 2. The summed E-state index contributed by atoms with van der Waals surface area (Å²) in [6.07, 6.45) is 3.44. The number of nitrogens with zero attached hydrogens (tertiary/aromatic N) is 2. The Morgan fingerprint density at radius 1 is 1.35 bits per heavy atom. The second-order valence-corrected chi connectivity index (χ2v) is 5.63. The van der Waals surface area contributed by atoms with Crippen molar-refractivity contribution in [1.29, 1.82) is 0 Å². The van der Waals surface area contributed by atoms with Crippen molar-refractivity contribution in [3.8, 4) is 0 Å². The van der Waals surface area contributed by atoms with Gasteiger partial charge in [-0.1, -0.05) is 13.0 Å². The number of halogens is 1. The summed E-state index contributed by atoms with van der Waals surface area (Å²) in [6, 6.07) is 8.56. The fourth-order valence-electron chi connectivity index (χ4n) is 1.74. The van der Waals surface area contributed by atoms with Crippen LogP contribution in [0.15, 0.2) is 41.4 Å². The van der Waals surface area contributed by atoms with E-state index in [9.17, 15) is 4.39 Å². The number of nitrogens with two attached hydrogens (primary N) is 1. The van der Waals surface area contributed by atoms with Crippen LogP contribution in [0.2, 0.25) is 0 Å². The van der Waals surface area contributed by atoms with Gasteiger partial charge in [0.2, 0.25) is 0 Å². The molecule has 0 radical (unpaired) electrons. The maximum absolute atomic E-state index is 13.1. The molecule has 0 aliphatic heterocycles. The Labute approximate surface area is 122 Å². The highest BCUT2D eigenvalue weighted by atomic mass is 32.2. The predicted octanol–water partition coefficient (Wildman–Crippen LogP) is 3.19. The summed E-state index contributed by atoms with van der Waals surface area (Å²) in [4.78, 5) is 9.61. The first-order valence-corrected chi connectivity index (χ1v) is 7.60. The highest BCUT2D eigenvalue weighted by Crippen LogP contribution is 2.21. The Kier molecular flexibility index (Phi) is 5.49. The van der Waals surface area contributed by atoms with Crippen LogP contribution in [0.1, 0.15) is 24.9 Å². The molecule has 2 N–H and O–H groups in total. The maximum atomic E-state index is 13.1. The molecule has 0 saturated carbocycles. The molecule has 1 heterocycles. The molecular weight excluding hydrogens is 273 g/mol. The van der Waals surface area contributed by atoms with Gasteiger partial charge in [0.15, 0.2) is 0 Å². The summed E-state index contributed by atoms with van der Waals surface area (Å²) in [5, 5.41) is 0. The molecule has 2 aromatic rings. The highest BCUT2D eigenvalue weighted by Gasteiger charge is 2.05. The predicted molar refractivity (Wildman–Crippen MR) is 80.0 cm³/mol. The summed E-state index contributed by atoms with van der Waals surface area (Å²) < 4.78 is 13.1. The zero-order valence-electron chi connectivity index (χ0n) is 11.4. The summed E-state index contributed by atoms with van der Waals surface area (Å²) >= 11 is 1.52. The third-order valence-electron chi connectivity index (χ3n) is 2.92. The molecule has 1 aromatic heterocycles. The quantitative estimate of drug-likeness (QED) is 0.830. The summed E-state index contributed by atoms with van der Waals surface area (Å²) in [7, 11) is 0. The van der Waals surface area contributed by atoms with E-state index in [0.29, 0.717) is 5.75 Å². The van der Waals surface area contributed by atoms with Gasteiger partial charge in [0.05, 0.1) is 5.75 Å². The third-order valence-corrected chi connectivity index (χ3v) is 3.91. The van der Waals surface area contributed by atoms with Crippen molar-refractivity contribution >= 4 is 11.8 Å². The van der Waals surface area contributed by atoms with Crippen LogP contribution in [-0.4, -0.2) is 16.0 Å². The van der Waals surface area contributed by atoms with Gasteiger partial charge in [0.25, 0.3) is 0 Å². The van der Waals surface area contributed by atoms with Crippen LogP contribution < -0.4 is 5.73 Å². The average molecular weight is 291 g/mol. The SMILES string of the molecule is CCC(N)Cc1ccnc(CSc2cccc(F)c2)n1. The van der Waals surface area contributed by atoms with E-state index >= 15 is 0 Å². The number of thioether (sulfide) groups is 1. The minimum absolute atomic E-state index is 0.133. The van der Waals surface area contributed by atoms with Crippen molar-refractivity contribution in [1.82, 2.24) is 9.97 Å². The molecule has 106 valence electrons. The number of hydrogen-bond acceptors (Lipinski definition) is 4. The molecule has 1 unspecified atom stereocenters. The van der Waals surface area contributed by atoms with Crippen LogP contribution in [0, 0.1) is 5.82 Å². The van der Waals surface area contributed by atoms with E-state index in [-0.39, 0.29) is 11.9 Å². The molecular formula is C15H18FN3S. The van der Waals surface area contributed by atoms with Gasteiger partial charge in [-0.3, -0.25) is 0 Å². The molecule has 0 aliphatic rings. The zero-order valence-corrected chi connectivity index (χ0v) is 12.2. The Morgan fingerprint density at radius 2 is 2.20 bits per heavy atom. The van der Waals surface area contributed by atoms with Gasteiger partial charge >= 0.3 is 0 Å². The van der Waals surface area contributed by atoms with Crippen molar-refractivity contribution in [2.24, 2.45) is 5.73 Å². The van der Waals surface area contributed by atoms with E-state index in [1.165, 1.54) is 23.9 Å². The van der Waals surface area contributed by atoms with Gasteiger partial charge in [-0.25, -0.2) is 14.4 Å². The smallest absolute Gasteiger partial charge is 0.138 e. The first kappa shape index (κ1) is 14.9. The van der Waals surface area contributed by atoms with Crippen LogP contribution in [-0.2, 0) is 12.2 Å². The van der Waals surface area contributed by atoms with Crippen LogP contribution >= 0.6 is 11.8 Å². The van der Waals surface area contributed by atoms with E-state index in [0.717, 1.165) is 29.3 Å². The topological polar surface area (TPSA) is 51.8 Å². The summed E-state index contributed by atoms with van der Waals surface area (Å²) in [5.41, 5.74) is 6.89. The van der Waals surface area contributed by atoms with Crippen LogP contribution in [0.4, 0.5) is 4.39 Å².